The van der Waals surface area contributed by atoms with Crippen molar-refractivity contribution in [3.8, 4) is 0 Å². The number of nitrogens with zero attached hydrogens (tertiary/aromatic N) is 3. The molecule has 2 aliphatic rings. The Kier molecular flexibility index (Phi) is 7.18. The highest BCUT2D eigenvalue weighted by atomic mass is 19.4. The Morgan fingerprint density at radius 3 is 2.55 bits per heavy atom. The number of benzene rings is 2. The molecule has 1 aliphatic carbocycles. The average molecular weight is 613 g/mol. The number of nitrogens with one attached hydrogen (secondary N) is 1. The van der Waals surface area contributed by atoms with Gasteiger partial charge in [-0.15, -0.1) is 0 Å². The van der Waals surface area contributed by atoms with Crippen molar-refractivity contribution in [2.24, 2.45) is 5.92 Å². The fourth-order valence-electron chi connectivity index (χ4n) is 6.39. The van der Waals surface area contributed by atoms with Gasteiger partial charge in [0.1, 0.15) is 11.2 Å². The van der Waals surface area contributed by atoms with E-state index in [1.807, 2.05) is 38.1 Å². The summed E-state index contributed by atoms with van der Waals surface area (Å²) >= 11 is 0. The second kappa shape index (κ2) is 10.7. The topological polar surface area (TPSA) is 120 Å². The third-order valence-corrected chi connectivity index (χ3v) is 8.63. The first kappa shape index (κ1) is 29.7. The zero-order valence-electron chi connectivity index (χ0n) is 24.3. The Labute approximate surface area is 249 Å². The molecule has 232 valence electrons. The lowest BCUT2D eigenvalue weighted by Crippen LogP contribution is -2.34. The summed E-state index contributed by atoms with van der Waals surface area (Å²) in [5, 5.41) is 4.61. The number of aromatic amines is 1. The molecule has 1 saturated heterocycles. The standard InChI is InChI=1S/C31H31F3N4O6/c1-29(2)15-19(11-12-43-29)18-9-10-23-20(13-18)14-24(25(39)37(3)22-7-5-4-6-8-22)38(23)30(26-35-28(41)44-36-26)16-21(30)17-42-27(40)31(32,33)34/h4-10,13-14,19,21H,11-12,15-17H2,1-3H3,(H,35,36,41)/t19-,21+,30-/m0/s1. The van der Waals surface area contributed by atoms with E-state index in [1.54, 1.807) is 41.9 Å². The minimum absolute atomic E-state index is 0.0136. The molecule has 10 nitrogen and oxygen atoms in total. The van der Waals surface area contributed by atoms with Gasteiger partial charge in [0, 0.05) is 36.2 Å². The summed E-state index contributed by atoms with van der Waals surface area (Å²) < 4.78 is 55.9. The summed E-state index contributed by atoms with van der Waals surface area (Å²) in [6.07, 6.45) is -3.42. The van der Waals surface area contributed by atoms with E-state index in [-0.39, 0.29) is 29.5 Å². The van der Waals surface area contributed by atoms with Crippen LogP contribution in [0.15, 0.2) is 63.9 Å². The number of ether oxygens (including phenoxy) is 2. The third-order valence-electron chi connectivity index (χ3n) is 8.63. The SMILES string of the molecule is CN(C(=O)c1cc2cc([C@H]3CCOC(C)(C)C3)ccc2n1[C@@]1(c2noc(=O)[nH]2)C[C@@H]1COC(=O)C(F)(F)F)c1ccccc1. The number of hydrogen-bond donors (Lipinski definition) is 1. The van der Waals surface area contributed by atoms with Crippen LogP contribution in [0.3, 0.4) is 0 Å². The maximum absolute atomic E-state index is 14.2. The number of fused-ring (bicyclic) bond motifs is 1. The largest absolute Gasteiger partial charge is 0.490 e. The summed E-state index contributed by atoms with van der Waals surface area (Å²) in [5.41, 5.74) is 0.875. The van der Waals surface area contributed by atoms with Crippen LogP contribution in [0.4, 0.5) is 18.9 Å². The number of carbonyl (C=O) groups excluding carboxylic acids is 2. The van der Waals surface area contributed by atoms with Gasteiger partial charge in [-0.2, -0.15) is 13.2 Å². The number of anilines is 1. The molecule has 1 amide bonds. The number of aromatic nitrogens is 3. The van der Waals surface area contributed by atoms with Crippen molar-refractivity contribution in [1.29, 1.82) is 0 Å². The molecular formula is C31H31F3N4O6. The van der Waals surface area contributed by atoms with Crippen molar-refractivity contribution in [3.63, 3.8) is 0 Å². The highest BCUT2D eigenvalue weighted by molar-refractivity contribution is 6.08. The maximum Gasteiger partial charge on any atom is 0.490 e. The second-order valence-corrected chi connectivity index (χ2v) is 12.0. The van der Waals surface area contributed by atoms with E-state index >= 15 is 0 Å². The number of alkyl halides is 3. The zero-order chi connectivity index (χ0) is 31.4. The van der Waals surface area contributed by atoms with Gasteiger partial charge < -0.3 is 18.9 Å². The van der Waals surface area contributed by atoms with Crippen LogP contribution < -0.4 is 10.7 Å². The molecular weight excluding hydrogens is 581 g/mol. The molecule has 13 heteroatoms. The van der Waals surface area contributed by atoms with E-state index in [4.69, 9.17) is 9.26 Å². The molecule has 3 heterocycles. The summed E-state index contributed by atoms with van der Waals surface area (Å²) in [4.78, 5) is 41.8. The van der Waals surface area contributed by atoms with Crippen LogP contribution in [0.5, 0.6) is 0 Å². The minimum Gasteiger partial charge on any atom is -0.459 e. The van der Waals surface area contributed by atoms with E-state index < -0.39 is 41.9 Å². The van der Waals surface area contributed by atoms with Crippen molar-refractivity contribution in [3.05, 3.63) is 82.2 Å². The first-order valence-corrected chi connectivity index (χ1v) is 14.2. The zero-order valence-corrected chi connectivity index (χ0v) is 24.3. The average Bonchev–Trinajstić information content (AvgIpc) is 3.31. The highest BCUT2D eigenvalue weighted by Gasteiger charge is 2.62. The van der Waals surface area contributed by atoms with Gasteiger partial charge in [-0.05, 0) is 74.9 Å². The predicted octanol–water partition coefficient (Wildman–Crippen LogP) is 5.14. The van der Waals surface area contributed by atoms with Crippen molar-refractivity contribution in [2.45, 2.75) is 56.3 Å². The van der Waals surface area contributed by atoms with E-state index in [0.717, 1.165) is 23.8 Å². The van der Waals surface area contributed by atoms with E-state index in [1.165, 1.54) is 4.90 Å². The number of H-pyrrole nitrogens is 1. The van der Waals surface area contributed by atoms with Crippen LogP contribution in [0.2, 0.25) is 0 Å². The Hall–Kier alpha value is -4.39. The van der Waals surface area contributed by atoms with Gasteiger partial charge >= 0.3 is 17.9 Å². The Morgan fingerprint density at radius 2 is 1.89 bits per heavy atom. The molecule has 6 rings (SSSR count). The number of esters is 1. The number of hydrogen-bond acceptors (Lipinski definition) is 7. The van der Waals surface area contributed by atoms with Crippen LogP contribution in [-0.2, 0) is 19.8 Å². The normalized spacial score (nSPS) is 23.0. The molecule has 0 spiro atoms. The number of amides is 1. The fourth-order valence-corrected chi connectivity index (χ4v) is 6.39. The third kappa shape index (κ3) is 5.29. The van der Waals surface area contributed by atoms with Crippen LogP contribution in [0, 0.1) is 5.92 Å². The lowest BCUT2D eigenvalue weighted by atomic mass is 9.83. The molecule has 0 unspecified atom stereocenters. The monoisotopic (exact) mass is 612 g/mol. The van der Waals surface area contributed by atoms with E-state index in [0.29, 0.717) is 17.8 Å². The Morgan fingerprint density at radius 1 is 1.14 bits per heavy atom. The molecule has 1 aliphatic heterocycles. The lowest BCUT2D eigenvalue weighted by Gasteiger charge is -2.35. The molecule has 1 N–H and O–H groups in total. The minimum atomic E-state index is -5.17. The molecule has 0 bridgehead atoms. The van der Waals surface area contributed by atoms with Gasteiger partial charge in [0.05, 0.1) is 12.2 Å². The van der Waals surface area contributed by atoms with Crippen LogP contribution >= 0.6 is 0 Å². The van der Waals surface area contributed by atoms with Gasteiger partial charge in [-0.3, -0.25) is 14.3 Å². The Bertz CT molecular complexity index is 1780. The van der Waals surface area contributed by atoms with Crippen molar-refractivity contribution >= 4 is 28.5 Å². The van der Waals surface area contributed by atoms with Gasteiger partial charge in [0.25, 0.3) is 5.91 Å². The summed E-state index contributed by atoms with van der Waals surface area (Å²) in [5.74, 6) is -4.12. The molecule has 44 heavy (non-hydrogen) atoms. The summed E-state index contributed by atoms with van der Waals surface area (Å²) in [6, 6.07) is 16.6. The van der Waals surface area contributed by atoms with Crippen molar-refractivity contribution < 1.29 is 36.8 Å². The van der Waals surface area contributed by atoms with Gasteiger partial charge in [-0.25, -0.2) is 9.59 Å². The quantitative estimate of drug-likeness (QED) is 0.287. The summed E-state index contributed by atoms with van der Waals surface area (Å²) in [7, 11) is 1.62. The number of halogens is 3. The van der Waals surface area contributed by atoms with Crippen molar-refractivity contribution in [1.82, 2.24) is 14.7 Å². The highest BCUT2D eigenvalue weighted by Crippen LogP contribution is 2.56. The second-order valence-electron chi connectivity index (χ2n) is 12.0. The molecule has 2 aromatic carbocycles. The first-order valence-electron chi connectivity index (χ1n) is 14.2. The first-order chi connectivity index (χ1) is 20.8. The Balaban J connectivity index is 1.48. The number of para-hydroxylation sites is 1. The predicted molar refractivity (Wildman–Crippen MR) is 152 cm³/mol. The molecule has 3 atom stereocenters. The smallest absolute Gasteiger partial charge is 0.459 e. The van der Waals surface area contributed by atoms with Crippen LogP contribution in [-0.4, -0.2) is 58.6 Å². The fraction of sp³-hybridized carbons (Fsp3) is 0.419. The van der Waals surface area contributed by atoms with Gasteiger partial charge in [0.2, 0.25) is 0 Å². The van der Waals surface area contributed by atoms with E-state index in [2.05, 4.69) is 14.9 Å². The number of rotatable bonds is 7. The molecule has 2 aromatic heterocycles. The summed E-state index contributed by atoms with van der Waals surface area (Å²) in [6.45, 7) is 4.09. The molecule has 2 fully saturated rings. The molecule has 0 radical (unpaired) electrons. The molecule has 4 aromatic rings. The maximum atomic E-state index is 14.2. The lowest BCUT2D eigenvalue weighted by molar-refractivity contribution is -0.200. The van der Waals surface area contributed by atoms with E-state index in [9.17, 15) is 27.6 Å². The van der Waals surface area contributed by atoms with Gasteiger partial charge in [0.15, 0.2) is 5.82 Å². The van der Waals surface area contributed by atoms with Crippen molar-refractivity contribution in [2.75, 3.05) is 25.2 Å². The van der Waals surface area contributed by atoms with Crippen LogP contribution in [0.1, 0.15) is 60.9 Å². The number of carbonyl (C=O) groups is 2. The van der Waals surface area contributed by atoms with Gasteiger partial charge in [-0.1, -0.05) is 29.4 Å². The molecule has 1 saturated carbocycles. The van der Waals surface area contributed by atoms with Crippen LogP contribution in [0.25, 0.3) is 10.9 Å².